The molecule has 0 aliphatic carbocycles. The molecule has 0 aliphatic rings. The standard InChI is InChI=1S/C7H18N3.CH4O4S/c1-8(2)7(9(3)4)10(5)6;1-5-6(2,3)4/h1-6H3;1H3,(H,2,3,4)/q+1;/p-1. The molecule has 0 bridgehead atoms. The highest BCUT2D eigenvalue weighted by atomic mass is 32.3. The van der Waals surface area contributed by atoms with Gasteiger partial charge in [-0.15, -0.1) is 0 Å². The van der Waals surface area contributed by atoms with Crippen molar-refractivity contribution in [3.8, 4) is 0 Å². The third kappa shape index (κ3) is 9.69. The van der Waals surface area contributed by atoms with Crippen LogP contribution >= 0.6 is 0 Å². The van der Waals surface area contributed by atoms with E-state index >= 15 is 0 Å². The van der Waals surface area contributed by atoms with Crippen LogP contribution in [-0.2, 0) is 14.6 Å². The Hall–Kier alpha value is -0.860. The summed E-state index contributed by atoms with van der Waals surface area (Å²) in [4.78, 5) is 4.17. The number of nitrogens with zero attached hydrogens (tertiary/aromatic N) is 3. The van der Waals surface area contributed by atoms with Gasteiger partial charge >= 0.3 is 5.96 Å². The van der Waals surface area contributed by atoms with Crippen molar-refractivity contribution in [1.82, 2.24) is 9.80 Å². The second kappa shape index (κ2) is 7.42. The summed E-state index contributed by atoms with van der Waals surface area (Å²) in [7, 11) is 8.62. The lowest BCUT2D eigenvalue weighted by Crippen LogP contribution is -2.40. The predicted molar refractivity (Wildman–Crippen MR) is 61.2 cm³/mol. The first-order valence-corrected chi connectivity index (χ1v) is 5.76. The first kappa shape index (κ1) is 17.5. The second-order valence-electron chi connectivity index (χ2n) is 3.56. The molecular formula is C8H21N3O4S. The topological polar surface area (TPSA) is 75.9 Å². The highest BCUT2D eigenvalue weighted by Gasteiger charge is 2.12. The fourth-order valence-corrected chi connectivity index (χ4v) is 1.20. The zero-order valence-corrected chi connectivity index (χ0v) is 11.7. The van der Waals surface area contributed by atoms with Crippen molar-refractivity contribution in [2.24, 2.45) is 0 Å². The largest absolute Gasteiger partial charge is 0.726 e. The Bertz CT molecular complexity index is 308. The second-order valence-corrected chi connectivity index (χ2v) is 4.71. The maximum absolute atomic E-state index is 9.22. The maximum Gasteiger partial charge on any atom is 0.349 e. The minimum absolute atomic E-state index is 0.808. The summed E-state index contributed by atoms with van der Waals surface area (Å²) < 4.78 is 33.1. The van der Waals surface area contributed by atoms with E-state index in [9.17, 15) is 13.0 Å². The average molecular weight is 255 g/mol. The fourth-order valence-electron chi connectivity index (χ4n) is 1.20. The summed E-state index contributed by atoms with van der Waals surface area (Å²) in [6.07, 6.45) is 0. The van der Waals surface area contributed by atoms with Gasteiger partial charge in [-0.05, 0) is 0 Å². The molecule has 0 radical (unpaired) electrons. The molecule has 0 aromatic heterocycles. The van der Waals surface area contributed by atoms with E-state index in [-0.39, 0.29) is 0 Å². The molecule has 0 amide bonds. The zero-order valence-electron chi connectivity index (χ0n) is 10.9. The maximum atomic E-state index is 9.22. The zero-order chi connectivity index (χ0) is 13.5. The first-order chi connectivity index (χ1) is 7.02. The Morgan fingerprint density at radius 3 is 1.38 bits per heavy atom. The number of guanidine groups is 1. The van der Waals surface area contributed by atoms with Gasteiger partial charge in [-0.25, -0.2) is 8.42 Å². The molecule has 98 valence electrons. The number of hydrogen-bond acceptors (Lipinski definition) is 4. The Kier molecular flexibility index (Phi) is 8.13. The molecule has 0 saturated carbocycles. The summed E-state index contributed by atoms with van der Waals surface area (Å²) in [6.45, 7) is 0. The van der Waals surface area contributed by atoms with E-state index in [1.807, 2.05) is 42.3 Å². The summed E-state index contributed by atoms with van der Waals surface area (Å²) in [6, 6.07) is 0. The normalized spacial score (nSPS) is 10.0. The van der Waals surface area contributed by atoms with Gasteiger partial charge in [0.2, 0.25) is 10.4 Å². The monoisotopic (exact) mass is 255 g/mol. The van der Waals surface area contributed by atoms with Gasteiger partial charge < -0.3 is 4.55 Å². The molecule has 0 unspecified atom stereocenters. The van der Waals surface area contributed by atoms with Crippen molar-refractivity contribution in [3.63, 3.8) is 0 Å². The molecule has 0 spiro atoms. The van der Waals surface area contributed by atoms with Gasteiger partial charge in [0.05, 0.1) is 49.4 Å². The van der Waals surface area contributed by atoms with E-state index in [0.29, 0.717) is 0 Å². The molecule has 7 nitrogen and oxygen atoms in total. The summed E-state index contributed by atoms with van der Waals surface area (Å²) in [5.74, 6) is 1.19. The van der Waals surface area contributed by atoms with Gasteiger partial charge in [-0.1, -0.05) is 0 Å². The van der Waals surface area contributed by atoms with E-state index in [4.69, 9.17) is 0 Å². The van der Waals surface area contributed by atoms with Crippen molar-refractivity contribution in [3.05, 3.63) is 0 Å². The fraction of sp³-hybridized carbons (Fsp3) is 0.875. The van der Waals surface area contributed by atoms with E-state index in [1.54, 1.807) is 0 Å². The molecule has 0 aliphatic heterocycles. The predicted octanol–water partition coefficient (Wildman–Crippen LogP) is -1.17. The summed E-state index contributed by atoms with van der Waals surface area (Å²) >= 11 is 0. The average Bonchev–Trinajstić information content (AvgIpc) is 2.01. The molecule has 0 aromatic rings. The van der Waals surface area contributed by atoms with Crippen LogP contribution in [0, 0.1) is 0 Å². The molecule has 0 saturated heterocycles. The Balaban J connectivity index is 0. The minimum Gasteiger partial charge on any atom is -0.726 e. The minimum atomic E-state index is -4.41. The SMILES string of the molecule is CN(C)C(N(C)C)=[N+](C)C.COS(=O)(=O)[O-]. The smallest absolute Gasteiger partial charge is 0.349 e. The van der Waals surface area contributed by atoms with E-state index < -0.39 is 10.4 Å². The molecule has 0 rings (SSSR count). The lowest BCUT2D eigenvalue weighted by molar-refractivity contribution is -0.475. The van der Waals surface area contributed by atoms with Gasteiger partial charge in [0, 0.05) is 0 Å². The van der Waals surface area contributed by atoms with E-state index in [1.165, 1.54) is 5.96 Å². The van der Waals surface area contributed by atoms with E-state index in [0.717, 1.165) is 7.11 Å². The summed E-state index contributed by atoms with van der Waals surface area (Å²) in [5.41, 5.74) is 0. The quantitative estimate of drug-likeness (QED) is 0.193. The molecule has 8 heteroatoms. The van der Waals surface area contributed by atoms with Crippen molar-refractivity contribution in [2.75, 3.05) is 49.4 Å². The molecule has 0 N–H and O–H groups in total. The van der Waals surface area contributed by atoms with Crippen molar-refractivity contribution in [2.45, 2.75) is 0 Å². The Morgan fingerprint density at radius 1 is 1.12 bits per heavy atom. The third-order valence-electron chi connectivity index (χ3n) is 1.40. The van der Waals surface area contributed by atoms with Crippen molar-refractivity contribution >= 4 is 16.4 Å². The molecule has 0 atom stereocenters. The van der Waals surface area contributed by atoms with Crippen molar-refractivity contribution in [1.29, 1.82) is 0 Å². The van der Waals surface area contributed by atoms with Gasteiger partial charge in [0.15, 0.2) is 0 Å². The lowest BCUT2D eigenvalue weighted by atomic mass is 10.7. The van der Waals surface area contributed by atoms with Gasteiger partial charge in [0.25, 0.3) is 0 Å². The third-order valence-corrected chi connectivity index (χ3v) is 1.81. The summed E-state index contributed by atoms with van der Waals surface area (Å²) in [5, 5.41) is 0. The lowest BCUT2D eigenvalue weighted by Gasteiger charge is -2.16. The molecule has 0 fully saturated rings. The number of hydrogen-bond donors (Lipinski definition) is 0. The highest BCUT2D eigenvalue weighted by Crippen LogP contribution is 1.84. The van der Waals surface area contributed by atoms with Crippen LogP contribution < -0.4 is 0 Å². The van der Waals surface area contributed by atoms with Gasteiger partial charge in [0.1, 0.15) is 0 Å². The van der Waals surface area contributed by atoms with Crippen LogP contribution in [-0.4, -0.2) is 82.7 Å². The van der Waals surface area contributed by atoms with Crippen molar-refractivity contribution < 1.29 is 21.7 Å². The van der Waals surface area contributed by atoms with Crippen LogP contribution in [0.4, 0.5) is 0 Å². The number of rotatable bonds is 1. The van der Waals surface area contributed by atoms with E-state index in [2.05, 4.69) is 18.6 Å². The van der Waals surface area contributed by atoms with Crippen LogP contribution in [0.3, 0.4) is 0 Å². The first-order valence-electron chi connectivity index (χ1n) is 4.43. The van der Waals surface area contributed by atoms with Crippen LogP contribution in [0.25, 0.3) is 0 Å². The van der Waals surface area contributed by atoms with Gasteiger partial charge in [-0.3, -0.25) is 18.6 Å². The molecular weight excluding hydrogens is 234 g/mol. The van der Waals surface area contributed by atoms with Crippen LogP contribution in [0.1, 0.15) is 0 Å². The molecule has 0 heterocycles. The van der Waals surface area contributed by atoms with Crippen LogP contribution in [0.15, 0.2) is 0 Å². The van der Waals surface area contributed by atoms with Crippen LogP contribution in [0.2, 0.25) is 0 Å². The highest BCUT2D eigenvalue weighted by molar-refractivity contribution is 7.80. The van der Waals surface area contributed by atoms with Gasteiger partial charge in [-0.2, -0.15) is 0 Å². The molecule has 16 heavy (non-hydrogen) atoms. The van der Waals surface area contributed by atoms with Crippen LogP contribution in [0.5, 0.6) is 0 Å². The molecule has 0 aromatic carbocycles. The Labute approximate surface area is 97.9 Å². The Morgan fingerprint density at radius 2 is 1.38 bits per heavy atom.